The van der Waals surface area contributed by atoms with Crippen molar-refractivity contribution in [2.45, 2.75) is 43.7 Å². The summed E-state index contributed by atoms with van der Waals surface area (Å²) < 4.78 is 13.0. The Morgan fingerprint density at radius 2 is 1.60 bits per heavy atom. The highest BCUT2D eigenvalue weighted by Gasteiger charge is 2.52. The summed E-state index contributed by atoms with van der Waals surface area (Å²) in [6.45, 7) is -0.159. The van der Waals surface area contributed by atoms with Crippen molar-refractivity contribution in [2.24, 2.45) is 5.92 Å². The van der Waals surface area contributed by atoms with Crippen LogP contribution in [0.1, 0.15) is 48.3 Å². The van der Waals surface area contributed by atoms with Crippen molar-refractivity contribution in [2.75, 3.05) is 6.61 Å². The van der Waals surface area contributed by atoms with Crippen molar-refractivity contribution in [1.29, 1.82) is 5.26 Å². The lowest BCUT2D eigenvalue weighted by atomic mass is 9.75. The van der Waals surface area contributed by atoms with E-state index in [9.17, 15) is 19.6 Å². The number of nitrogens with zero attached hydrogens (tertiary/aromatic N) is 2. The Balaban J connectivity index is 1.50. The molecule has 0 unspecified atom stereocenters. The third-order valence-corrected chi connectivity index (χ3v) is 6.18. The monoisotopic (exact) mass is 402 g/mol. The Morgan fingerprint density at radius 1 is 1.03 bits per heavy atom. The van der Waals surface area contributed by atoms with Crippen LogP contribution in [0, 0.1) is 34.9 Å². The minimum Gasteiger partial charge on any atom is -0.394 e. The van der Waals surface area contributed by atoms with Gasteiger partial charge in [0.1, 0.15) is 11.9 Å². The molecule has 0 bridgehead atoms. The normalized spacial score (nSPS) is 23.2. The SMILES string of the molecule is N#C[C@H]1[C@@H](c2ccc(C#Cc3ccc(F)cc3)cc2)[C@H](CO)N1C(=O)C1CCCC1. The number of hydrogen-bond donors (Lipinski definition) is 1. The van der Waals surface area contributed by atoms with E-state index < -0.39 is 6.04 Å². The third-order valence-electron chi connectivity index (χ3n) is 6.18. The quantitative estimate of drug-likeness (QED) is 0.798. The van der Waals surface area contributed by atoms with E-state index in [4.69, 9.17) is 0 Å². The number of aliphatic hydroxyl groups is 1. The Morgan fingerprint density at radius 3 is 2.13 bits per heavy atom. The van der Waals surface area contributed by atoms with Crippen molar-refractivity contribution in [3.05, 3.63) is 71.0 Å². The molecular formula is C25H23FN2O2. The zero-order valence-electron chi connectivity index (χ0n) is 16.6. The summed E-state index contributed by atoms with van der Waals surface area (Å²) in [5.74, 6) is 5.54. The van der Waals surface area contributed by atoms with Crippen LogP contribution in [0.2, 0.25) is 0 Å². The molecular weight excluding hydrogens is 379 g/mol. The molecule has 2 fully saturated rings. The van der Waals surface area contributed by atoms with E-state index >= 15 is 0 Å². The van der Waals surface area contributed by atoms with E-state index in [1.165, 1.54) is 12.1 Å². The summed E-state index contributed by atoms with van der Waals surface area (Å²) >= 11 is 0. The maximum atomic E-state index is 13.0. The molecule has 4 rings (SSSR count). The number of carbonyl (C=O) groups is 1. The molecule has 1 amide bonds. The Kier molecular flexibility index (Phi) is 5.84. The lowest BCUT2D eigenvalue weighted by Gasteiger charge is -2.52. The number of halogens is 1. The van der Waals surface area contributed by atoms with Crippen molar-refractivity contribution < 1.29 is 14.3 Å². The molecule has 2 aromatic rings. The molecule has 2 aromatic carbocycles. The van der Waals surface area contributed by atoms with Gasteiger partial charge in [-0.1, -0.05) is 36.8 Å². The van der Waals surface area contributed by atoms with Crippen LogP contribution in [-0.4, -0.2) is 34.6 Å². The van der Waals surface area contributed by atoms with Crippen LogP contribution in [0.5, 0.6) is 0 Å². The third kappa shape index (κ3) is 3.82. The first-order valence-corrected chi connectivity index (χ1v) is 10.3. The van der Waals surface area contributed by atoms with Gasteiger partial charge in [0.05, 0.1) is 18.7 Å². The van der Waals surface area contributed by atoms with Gasteiger partial charge in [-0.25, -0.2) is 4.39 Å². The number of amides is 1. The maximum Gasteiger partial charge on any atom is 0.227 e. The molecule has 0 aromatic heterocycles. The first-order chi connectivity index (χ1) is 14.6. The average molecular weight is 402 g/mol. The van der Waals surface area contributed by atoms with Gasteiger partial charge in [-0.15, -0.1) is 0 Å². The predicted molar refractivity (Wildman–Crippen MR) is 111 cm³/mol. The van der Waals surface area contributed by atoms with E-state index in [1.807, 2.05) is 24.3 Å². The molecule has 1 saturated carbocycles. The Hall–Kier alpha value is -3.15. The van der Waals surface area contributed by atoms with Crippen LogP contribution in [0.3, 0.4) is 0 Å². The van der Waals surface area contributed by atoms with Gasteiger partial charge in [0, 0.05) is 23.0 Å². The maximum absolute atomic E-state index is 13.0. The molecule has 152 valence electrons. The zero-order valence-corrected chi connectivity index (χ0v) is 16.6. The predicted octanol–water partition coefficient (Wildman–Crippen LogP) is 3.59. The molecule has 1 saturated heterocycles. The van der Waals surface area contributed by atoms with Gasteiger partial charge in [-0.3, -0.25) is 4.79 Å². The van der Waals surface area contributed by atoms with Gasteiger partial charge in [0.25, 0.3) is 0 Å². The summed E-state index contributed by atoms with van der Waals surface area (Å²) in [5.41, 5.74) is 2.45. The topological polar surface area (TPSA) is 64.3 Å². The summed E-state index contributed by atoms with van der Waals surface area (Å²) in [7, 11) is 0. The molecule has 30 heavy (non-hydrogen) atoms. The lowest BCUT2D eigenvalue weighted by molar-refractivity contribution is -0.151. The molecule has 2 aliphatic rings. The molecule has 0 radical (unpaired) electrons. The molecule has 1 aliphatic carbocycles. The second-order valence-corrected chi connectivity index (χ2v) is 7.96. The highest BCUT2D eigenvalue weighted by atomic mass is 19.1. The first kappa shape index (κ1) is 20.1. The van der Waals surface area contributed by atoms with E-state index in [0.717, 1.165) is 42.4 Å². The van der Waals surface area contributed by atoms with Crippen molar-refractivity contribution in [3.8, 4) is 17.9 Å². The lowest BCUT2D eigenvalue weighted by Crippen LogP contribution is -2.66. The van der Waals surface area contributed by atoms with Crippen LogP contribution >= 0.6 is 0 Å². The summed E-state index contributed by atoms with van der Waals surface area (Å²) in [4.78, 5) is 14.5. The molecule has 1 heterocycles. The van der Waals surface area contributed by atoms with Crippen molar-refractivity contribution in [3.63, 3.8) is 0 Å². The van der Waals surface area contributed by atoms with Gasteiger partial charge < -0.3 is 10.0 Å². The fourth-order valence-electron chi connectivity index (χ4n) is 4.56. The summed E-state index contributed by atoms with van der Waals surface area (Å²) in [5, 5.41) is 19.6. The van der Waals surface area contributed by atoms with Crippen molar-refractivity contribution in [1.82, 2.24) is 4.90 Å². The standard InChI is InChI=1S/C25H23FN2O2/c26-21-13-9-18(10-14-21)6-5-17-7-11-19(12-8-17)24-22(15-27)28(23(24)16-29)25(30)20-3-1-2-4-20/h7-14,20,22-24,29H,1-4,16H2/t22-,23-,24+/m0/s1. The zero-order chi connectivity index (χ0) is 21.1. The van der Waals surface area contributed by atoms with Gasteiger partial charge >= 0.3 is 0 Å². The number of likely N-dealkylation sites (tertiary alicyclic amines) is 1. The van der Waals surface area contributed by atoms with Crippen LogP contribution in [0.25, 0.3) is 0 Å². The fraction of sp³-hybridized carbons (Fsp3) is 0.360. The van der Waals surface area contributed by atoms with Gasteiger partial charge in [-0.05, 0) is 54.8 Å². The fourth-order valence-corrected chi connectivity index (χ4v) is 4.56. The second-order valence-electron chi connectivity index (χ2n) is 7.96. The highest BCUT2D eigenvalue weighted by Crippen LogP contribution is 2.42. The smallest absolute Gasteiger partial charge is 0.227 e. The minimum atomic E-state index is -0.550. The summed E-state index contributed by atoms with van der Waals surface area (Å²) in [6, 6.07) is 14.9. The van der Waals surface area contributed by atoms with Crippen LogP contribution in [-0.2, 0) is 4.79 Å². The van der Waals surface area contributed by atoms with Crippen molar-refractivity contribution >= 4 is 5.91 Å². The Labute approximate surface area is 175 Å². The molecule has 1 N–H and O–H groups in total. The molecule has 3 atom stereocenters. The summed E-state index contributed by atoms with van der Waals surface area (Å²) in [6.07, 6.45) is 3.85. The van der Waals surface area contributed by atoms with Gasteiger partial charge in [0.15, 0.2) is 0 Å². The van der Waals surface area contributed by atoms with Crippen LogP contribution in [0.15, 0.2) is 48.5 Å². The van der Waals surface area contributed by atoms with Gasteiger partial charge in [0.2, 0.25) is 5.91 Å². The number of carbonyl (C=O) groups excluding carboxylic acids is 1. The Bertz CT molecular complexity index is 1010. The number of hydrogen-bond acceptors (Lipinski definition) is 3. The minimum absolute atomic E-state index is 0.0103. The molecule has 1 aliphatic heterocycles. The molecule has 4 nitrogen and oxygen atoms in total. The molecule has 0 spiro atoms. The average Bonchev–Trinajstić information content (AvgIpc) is 3.29. The highest BCUT2D eigenvalue weighted by molar-refractivity contribution is 5.82. The van der Waals surface area contributed by atoms with Crippen LogP contribution in [0.4, 0.5) is 4.39 Å². The molecule has 5 heteroatoms. The van der Waals surface area contributed by atoms with E-state index in [0.29, 0.717) is 0 Å². The van der Waals surface area contributed by atoms with Gasteiger partial charge in [-0.2, -0.15) is 5.26 Å². The second kappa shape index (κ2) is 8.69. The number of benzene rings is 2. The first-order valence-electron chi connectivity index (χ1n) is 10.3. The largest absolute Gasteiger partial charge is 0.394 e. The van der Waals surface area contributed by atoms with E-state index in [-0.39, 0.29) is 36.2 Å². The van der Waals surface area contributed by atoms with Crippen LogP contribution < -0.4 is 0 Å². The van der Waals surface area contributed by atoms with E-state index in [2.05, 4.69) is 17.9 Å². The number of rotatable bonds is 3. The number of aliphatic hydroxyl groups excluding tert-OH is 1. The number of nitriles is 1. The van der Waals surface area contributed by atoms with E-state index in [1.54, 1.807) is 17.0 Å².